The van der Waals surface area contributed by atoms with Gasteiger partial charge in [0.15, 0.2) is 0 Å². The summed E-state index contributed by atoms with van der Waals surface area (Å²) in [6, 6.07) is 10.1. The predicted molar refractivity (Wildman–Crippen MR) is 75.0 cm³/mol. The van der Waals surface area contributed by atoms with Gasteiger partial charge in [-0.2, -0.15) is 0 Å². The summed E-state index contributed by atoms with van der Waals surface area (Å²) in [5, 5.41) is 13.1. The van der Waals surface area contributed by atoms with Gasteiger partial charge < -0.3 is 10.4 Å². The van der Waals surface area contributed by atoms with E-state index in [9.17, 15) is 5.11 Å². The van der Waals surface area contributed by atoms with E-state index < -0.39 is 0 Å². The number of phenolic OH excluding ortho intramolecular Hbond substituents is 1. The molecule has 1 heterocycles. The van der Waals surface area contributed by atoms with Crippen molar-refractivity contribution in [3.63, 3.8) is 0 Å². The van der Waals surface area contributed by atoms with Gasteiger partial charge in [-0.1, -0.05) is 12.1 Å². The van der Waals surface area contributed by atoms with Gasteiger partial charge in [-0.15, -0.1) is 0 Å². The van der Waals surface area contributed by atoms with Gasteiger partial charge in [0.05, 0.1) is 5.69 Å². The second-order valence-corrected chi connectivity index (χ2v) is 5.12. The van der Waals surface area contributed by atoms with Gasteiger partial charge in [0, 0.05) is 18.8 Å². The third-order valence-corrected chi connectivity index (χ3v) is 3.84. The Kier molecular flexibility index (Phi) is 3.22. The van der Waals surface area contributed by atoms with Crippen LogP contribution < -0.4 is 5.32 Å². The lowest BCUT2D eigenvalue weighted by Gasteiger charge is -2.14. The Balaban J connectivity index is 1.72. The highest BCUT2D eigenvalue weighted by Crippen LogP contribution is 2.33. The molecule has 0 radical (unpaired) electrons. The zero-order valence-corrected chi connectivity index (χ0v) is 11.1. The summed E-state index contributed by atoms with van der Waals surface area (Å²) in [4.78, 5) is 4.41. The van der Waals surface area contributed by atoms with Crippen LogP contribution in [0.5, 0.6) is 5.75 Å². The molecule has 3 heteroatoms. The van der Waals surface area contributed by atoms with Crippen molar-refractivity contribution in [3.8, 4) is 5.75 Å². The SMILES string of the molecule is Cc1cccnc1CNC1CCc2cc(O)ccc21. The summed E-state index contributed by atoms with van der Waals surface area (Å²) >= 11 is 0. The first-order valence-corrected chi connectivity index (χ1v) is 6.70. The molecule has 0 saturated heterocycles. The van der Waals surface area contributed by atoms with Gasteiger partial charge in [0.1, 0.15) is 5.75 Å². The molecule has 0 spiro atoms. The van der Waals surface area contributed by atoms with E-state index in [1.54, 1.807) is 6.07 Å². The van der Waals surface area contributed by atoms with Crippen molar-refractivity contribution in [2.24, 2.45) is 0 Å². The van der Waals surface area contributed by atoms with E-state index in [2.05, 4.69) is 23.3 Å². The Morgan fingerprint density at radius 1 is 1.37 bits per heavy atom. The fraction of sp³-hybridized carbons (Fsp3) is 0.312. The van der Waals surface area contributed by atoms with Crippen molar-refractivity contribution in [2.75, 3.05) is 0 Å². The molecule has 0 bridgehead atoms. The molecule has 1 aromatic heterocycles. The lowest BCUT2D eigenvalue weighted by Crippen LogP contribution is -2.19. The molecule has 19 heavy (non-hydrogen) atoms. The molecule has 3 nitrogen and oxygen atoms in total. The minimum absolute atomic E-state index is 0.361. The molecule has 2 aromatic rings. The molecule has 1 aromatic carbocycles. The molecule has 1 aliphatic rings. The molecule has 0 amide bonds. The van der Waals surface area contributed by atoms with Crippen molar-refractivity contribution in [1.82, 2.24) is 10.3 Å². The van der Waals surface area contributed by atoms with Crippen molar-refractivity contribution >= 4 is 0 Å². The average Bonchev–Trinajstić information content (AvgIpc) is 2.80. The Labute approximate surface area is 113 Å². The Morgan fingerprint density at radius 3 is 3.11 bits per heavy atom. The monoisotopic (exact) mass is 254 g/mol. The van der Waals surface area contributed by atoms with Crippen LogP contribution in [0.4, 0.5) is 0 Å². The molecule has 3 rings (SSSR count). The van der Waals surface area contributed by atoms with Gasteiger partial charge in [0.2, 0.25) is 0 Å². The zero-order chi connectivity index (χ0) is 13.2. The standard InChI is InChI=1S/C16H18N2O/c1-11-3-2-8-17-16(11)10-18-15-7-4-12-9-13(19)5-6-14(12)15/h2-3,5-6,8-9,15,18-19H,4,7,10H2,1H3. The number of nitrogens with zero attached hydrogens (tertiary/aromatic N) is 1. The number of aromatic hydroxyl groups is 1. The molecule has 98 valence electrons. The highest BCUT2D eigenvalue weighted by atomic mass is 16.3. The minimum atomic E-state index is 0.361. The van der Waals surface area contributed by atoms with Crippen LogP contribution in [0.3, 0.4) is 0 Å². The van der Waals surface area contributed by atoms with E-state index in [4.69, 9.17) is 0 Å². The molecule has 0 aliphatic heterocycles. The number of pyridine rings is 1. The third-order valence-electron chi connectivity index (χ3n) is 3.84. The number of fused-ring (bicyclic) bond motifs is 1. The van der Waals surface area contributed by atoms with Crippen molar-refractivity contribution in [1.29, 1.82) is 0 Å². The second-order valence-electron chi connectivity index (χ2n) is 5.12. The summed E-state index contributed by atoms with van der Waals surface area (Å²) in [6.45, 7) is 2.88. The largest absolute Gasteiger partial charge is 0.508 e. The van der Waals surface area contributed by atoms with E-state index in [1.165, 1.54) is 16.7 Å². The summed E-state index contributed by atoms with van der Waals surface area (Å²) in [6.07, 6.45) is 3.96. The zero-order valence-electron chi connectivity index (χ0n) is 11.1. The number of hydrogen-bond donors (Lipinski definition) is 2. The topological polar surface area (TPSA) is 45.2 Å². The number of nitrogens with one attached hydrogen (secondary N) is 1. The number of hydrogen-bond acceptors (Lipinski definition) is 3. The number of phenols is 1. The third kappa shape index (κ3) is 2.47. The van der Waals surface area contributed by atoms with Gasteiger partial charge in [-0.05, 0) is 54.7 Å². The maximum absolute atomic E-state index is 9.50. The van der Waals surface area contributed by atoms with Crippen LogP contribution >= 0.6 is 0 Å². The Morgan fingerprint density at radius 2 is 2.26 bits per heavy atom. The maximum Gasteiger partial charge on any atom is 0.115 e. The Bertz CT molecular complexity index is 595. The first kappa shape index (κ1) is 12.2. The molecule has 1 unspecified atom stereocenters. The first-order valence-electron chi connectivity index (χ1n) is 6.70. The van der Waals surface area contributed by atoms with Crippen LogP contribution in [0.2, 0.25) is 0 Å². The molecular weight excluding hydrogens is 236 g/mol. The van der Waals surface area contributed by atoms with Crippen LogP contribution in [-0.4, -0.2) is 10.1 Å². The normalized spacial score (nSPS) is 17.4. The highest BCUT2D eigenvalue weighted by Gasteiger charge is 2.22. The Hall–Kier alpha value is -1.87. The smallest absolute Gasteiger partial charge is 0.115 e. The quantitative estimate of drug-likeness (QED) is 0.885. The van der Waals surface area contributed by atoms with Gasteiger partial charge >= 0.3 is 0 Å². The van der Waals surface area contributed by atoms with Crippen LogP contribution in [-0.2, 0) is 13.0 Å². The number of aryl methyl sites for hydroxylation is 2. The summed E-state index contributed by atoms with van der Waals surface area (Å²) in [7, 11) is 0. The van der Waals surface area contributed by atoms with Crippen LogP contribution in [0.25, 0.3) is 0 Å². The predicted octanol–water partition coefficient (Wildman–Crippen LogP) is 2.87. The van der Waals surface area contributed by atoms with E-state index in [1.807, 2.05) is 24.4 Å². The molecule has 1 aliphatic carbocycles. The van der Waals surface area contributed by atoms with Crippen molar-refractivity contribution in [2.45, 2.75) is 32.4 Å². The number of aromatic nitrogens is 1. The fourth-order valence-corrected chi connectivity index (χ4v) is 2.74. The number of rotatable bonds is 3. The maximum atomic E-state index is 9.50. The van der Waals surface area contributed by atoms with Crippen molar-refractivity contribution < 1.29 is 5.11 Å². The molecule has 0 fully saturated rings. The van der Waals surface area contributed by atoms with Crippen LogP contribution in [0.15, 0.2) is 36.5 Å². The van der Waals surface area contributed by atoms with E-state index in [0.29, 0.717) is 11.8 Å². The van der Waals surface area contributed by atoms with Gasteiger partial charge in [0.25, 0.3) is 0 Å². The lowest BCUT2D eigenvalue weighted by molar-refractivity contribution is 0.474. The van der Waals surface area contributed by atoms with E-state index in [-0.39, 0.29) is 0 Å². The molecule has 1 atom stereocenters. The average molecular weight is 254 g/mol. The first-order chi connectivity index (χ1) is 9.24. The highest BCUT2D eigenvalue weighted by molar-refractivity contribution is 5.40. The summed E-state index contributed by atoms with van der Waals surface area (Å²) < 4.78 is 0. The second kappa shape index (κ2) is 5.02. The van der Waals surface area contributed by atoms with E-state index >= 15 is 0 Å². The molecule has 0 saturated carbocycles. The van der Waals surface area contributed by atoms with Crippen molar-refractivity contribution in [3.05, 3.63) is 58.9 Å². The van der Waals surface area contributed by atoms with Gasteiger partial charge in [-0.3, -0.25) is 4.98 Å². The molecular formula is C16H18N2O. The fourth-order valence-electron chi connectivity index (χ4n) is 2.74. The lowest BCUT2D eigenvalue weighted by atomic mass is 10.1. The van der Waals surface area contributed by atoms with Crippen LogP contribution in [0.1, 0.15) is 34.8 Å². The molecule has 2 N–H and O–H groups in total. The van der Waals surface area contributed by atoms with Crippen LogP contribution in [0, 0.1) is 6.92 Å². The van der Waals surface area contributed by atoms with Gasteiger partial charge in [-0.25, -0.2) is 0 Å². The number of benzene rings is 1. The minimum Gasteiger partial charge on any atom is -0.508 e. The summed E-state index contributed by atoms with van der Waals surface area (Å²) in [5.74, 6) is 0.361. The van der Waals surface area contributed by atoms with E-state index in [0.717, 1.165) is 25.1 Å². The summed E-state index contributed by atoms with van der Waals surface area (Å²) in [5.41, 5.74) is 4.90.